The van der Waals surface area contributed by atoms with Gasteiger partial charge in [0.1, 0.15) is 0 Å². The average Bonchev–Trinajstić information content (AvgIpc) is 2.40. The molecule has 0 atom stereocenters. The molecule has 118 valence electrons. The summed E-state index contributed by atoms with van der Waals surface area (Å²) in [4.78, 5) is 11.1. The number of benzene rings is 1. The Kier molecular flexibility index (Phi) is 6.60. The van der Waals surface area contributed by atoms with Crippen LogP contribution < -0.4 is 11.5 Å². The molecule has 0 aromatic heterocycles. The fourth-order valence-electron chi connectivity index (χ4n) is 1.73. The van der Waals surface area contributed by atoms with E-state index in [1.54, 1.807) is 31.2 Å². The summed E-state index contributed by atoms with van der Waals surface area (Å²) in [5.74, 6) is -0.926. The Labute approximate surface area is 124 Å². The van der Waals surface area contributed by atoms with Crippen molar-refractivity contribution in [2.45, 2.75) is 13.5 Å². The second kappa shape index (κ2) is 7.96. The van der Waals surface area contributed by atoms with E-state index in [1.807, 2.05) is 0 Å². The lowest BCUT2D eigenvalue weighted by Gasteiger charge is -2.21. The van der Waals surface area contributed by atoms with E-state index < -0.39 is 15.9 Å². The lowest BCUT2D eigenvalue weighted by Crippen LogP contribution is -2.40. The minimum atomic E-state index is -3.65. The molecule has 0 heterocycles. The molecule has 0 saturated carbocycles. The van der Waals surface area contributed by atoms with E-state index in [4.69, 9.17) is 16.2 Å². The number of sulfonamides is 1. The third-order valence-electron chi connectivity index (χ3n) is 2.82. The molecular weight excluding hydrogens is 294 g/mol. The van der Waals surface area contributed by atoms with Gasteiger partial charge < -0.3 is 16.2 Å². The van der Waals surface area contributed by atoms with Crippen LogP contribution in [0.2, 0.25) is 0 Å². The highest BCUT2D eigenvalue weighted by molar-refractivity contribution is 7.89. The monoisotopic (exact) mass is 315 g/mol. The van der Waals surface area contributed by atoms with E-state index in [0.29, 0.717) is 17.9 Å². The van der Waals surface area contributed by atoms with Gasteiger partial charge in [0.15, 0.2) is 0 Å². The minimum Gasteiger partial charge on any atom is -0.398 e. The van der Waals surface area contributed by atoms with E-state index in [2.05, 4.69) is 0 Å². The molecule has 1 amide bonds. The molecule has 0 aliphatic heterocycles. The number of primary amides is 1. The van der Waals surface area contributed by atoms with Gasteiger partial charge in [-0.2, -0.15) is 4.31 Å². The van der Waals surface area contributed by atoms with Gasteiger partial charge in [-0.05, 0) is 18.6 Å². The Hall–Kier alpha value is -1.64. The molecule has 0 radical (unpaired) electrons. The van der Waals surface area contributed by atoms with Crippen molar-refractivity contribution in [1.29, 1.82) is 0 Å². The molecule has 0 unspecified atom stereocenters. The van der Waals surface area contributed by atoms with E-state index >= 15 is 0 Å². The molecule has 1 aromatic rings. The van der Waals surface area contributed by atoms with Gasteiger partial charge in [0, 0.05) is 18.8 Å². The molecule has 0 saturated heterocycles. The first kappa shape index (κ1) is 17.4. The summed E-state index contributed by atoms with van der Waals surface area (Å²) < 4.78 is 30.6. The molecule has 7 nitrogen and oxygen atoms in total. The van der Waals surface area contributed by atoms with Crippen molar-refractivity contribution in [3.05, 3.63) is 29.8 Å². The smallest absolute Gasteiger partial charge is 0.232 e. The number of carbonyl (C=O) groups excluding carboxylic acids is 1. The van der Waals surface area contributed by atoms with Crippen LogP contribution in [0.1, 0.15) is 12.5 Å². The zero-order chi connectivity index (χ0) is 15.9. The zero-order valence-electron chi connectivity index (χ0n) is 12.0. The van der Waals surface area contributed by atoms with E-state index in [9.17, 15) is 13.2 Å². The topological polar surface area (TPSA) is 116 Å². The standard InChI is InChI=1S/C13H21N3O4S/c1-2-20-7-8-21(18,19)16(10-13(15)17)9-11-5-3-4-6-12(11)14/h3-6H,2,7-10,14H2,1H3,(H2,15,17). The van der Waals surface area contributed by atoms with Gasteiger partial charge in [-0.15, -0.1) is 0 Å². The highest BCUT2D eigenvalue weighted by atomic mass is 32.2. The van der Waals surface area contributed by atoms with Gasteiger partial charge in [0.05, 0.1) is 18.9 Å². The van der Waals surface area contributed by atoms with Crippen LogP contribution in [0, 0.1) is 0 Å². The summed E-state index contributed by atoms with van der Waals surface area (Å²) in [5, 5.41) is 0. The van der Waals surface area contributed by atoms with Crippen LogP contribution in [0.15, 0.2) is 24.3 Å². The van der Waals surface area contributed by atoms with E-state index in [-0.39, 0.29) is 25.4 Å². The number of carbonyl (C=O) groups is 1. The first-order valence-electron chi connectivity index (χ1n) is 6.54. The van der Waals surface area contributed by atoms with Crippen molar-refractivity contribution < 1.29 is 17.9 Å². The SMILES string of the molecule is CCOCCS(=O)(=O)N(CC(N)=O)Cc1ccccc1N. The van der Waals surface area contributed by atoms with Crippen molar-refractivity contribution in [1.82, 2.24) is 4.31 Å². The van der Waals surface area contributed by atoms with Crippen molar-refractivity contribution >= 4 is 21.6 Å². The number of nitrogens with zero attached hydrogens (tertiary/aromatic N) is 1. The molecule has 0 bridgehead atoms. The van der Waals surface area contributed by atoms with Crippen molar-refractivity contribution in [2.75, 3.05) is 31.2 Å². The van der Waals surface area contributed by atoms with Crippen molar-refractivity contribution in [2.24, 2.45) is 5.73 Å². The molecule has 21 heavy (non-hydrogen) atoms. The summed E-state index contributed by atoms with van der Waals surface area (Å²) in [7, 11) is -3.65. The second-order valence-corrected chi connectivity index (χ2v) is 6.53. The fourth-order valence-corrected chi connectivity index (χ4v) is 2.98. The van der Waals surface area contributed by atoms with Gasteiger partial charge in [-0.3, -0.25) is 4.79 Å². The third kappa shape index (κ3) is 5.70. The Morgan fingerprint density at radius 3 is 2.57 bits per heavy atom. The number of hydrogen-bond donors (Lipinski definition) is 2. The van der Waals surface area contributed by atoms with Gasteiger partial charge >= 0.3 is 0 Å². The fraction of sp³-hybridized carbons (Fsp3) is 0.462. The number of para-hydroxylation sites is 1. The van der Waals surface area contributed by atoms with Crippen LogP contribution in [0.4, 0.5) is 5.69 Å². The quantitative estimate of drug-likeness (QED) is 0.488. The first-order valence-corrected chi connectivity index (χ1v) is 8.15. The number of amides is 1. The Bertz CT molecular complexity index is 575. The van der Waals surface area contributed by atoms with Crippen LogP contribution >= 0.6 is 0 Å². The Morgan fingerprint density at radius 2 is 2.00 bits per heavy atom. The number of rotatable bonds is 9. The van der Waals surface area contributed by atoms with Crippen LogP contribution in [0.5, 0.6) is 0 Å². The summed E-state index contributed by atoms with van der Waals surface area (Å²) in [6.45, 7) is 1.89. The Morgan fingerprint density at radius 1 is 1.33 bits per heavy atom. The van der Waals surface area contributed by atoms with Gasteiger partial charge in [0.25, 0.3) is 0 Å². The summed E-state index contributed by atoms with van der Waals surface area (Å²) >= 11 is 0. The predicted molar refractivity (Wildman–Crippen MR) is 80.7 cm³/mol. The van der Waals surface area contributed by atoms with Gasteiger partial charge in [-0.25, -0.2) is 8.42 Å². The summed E-state index contributed by atoms with van der Waals surface area (Å²) in [6, 6.07) is 6.88. The molecule has 0 spiro atoms. The predicted octanol–water partition coefficient (Wildman–Crippen LogP) is -0.0776. The molecule has 0 aliphatic rings. The van der Waals surface area contributed by atoms with Crippen LogP contribution in [-0.2, 0) is 26.1 Å². The molecule has 0 aliphatic carbocycles. The summed E-state index contributed by atoms with van der Waals surface area (Å²) in [6.07, 6.45) is 0. The number of hydrogen-bond acceptors (Lipinski definition) is 5. The van der Waals surface area contributed by atoms with E-state index in [1.165, 1.54) is 0 Å². The van der Waals surface area contributed by atoms with Crippen LogP contribution in [0.25, 0.3) is 0 Å². The number of nitrogen functional groups attached to an aromatic ring is 1. The third-order valence-corrected chi connectivity index (χ3v) is 4.54. The maximum Gasteiger partial charge on any atom is 0.232 e. The maximum absolute atomic E-state index is 12.3. The van der Waals surface area contributed by atoms with Crippen LogP contribution in [0.3, 0.4) is 0 Å². The lowest BCUT2D eigenvalue weighted by molar-refractivity contribution is -0.118. The van der Waals surface area contributed by atoms with Gasteiger partial charge in [0.2, 0.25) is 15.9 Å². The van der Waals surface area contributed by atoms with Gasteiger partial charge in [-0.1, -0.05) is 18.2 Å². The normalized spacial score (nSPS) is 11.7. The minimum absolute atomic E-state index is 0.00404. The molecular formula is C13H21N3O4S. The zero-order valence-corrected chi connectivity index (χ0v) is 12.8. The van der Waals surface area contributed by atoms with Crippen LogP contribution in [-0.4, -0.2) is 44.1 Å². The maximum atomic E-state index is 12.3. The van der Waals surface area contributed by atoms with Crippen molar-refractivity contribution in [3.63, 3.8) is 0 Å². The first-order chi connectivity index (χ1) is 9.86. The largest absolute Gasteiger partial charge is 0.398 e. The van der Waals surface area contributed by atoms with E-state index in [0.717, 1.165) is 4.31 Å². The highest BCUT2D eigenvalue weighted by Crippen LogP contribution is 2.15. The number of anilines is 1. The average molecular weight is 315 g/mol. The molecule has 1 rings (SSSR count). The molecule has 0 fully saturated rings. The highest BCUT2D eigenvalue weighted by Gasteiger charge is 2.24. The Balaban J connectivity index is 2.90. The molecule has 1 aromatic carbocycles. The molecule has 4 N–H and O–H groups in total. The second-order valence-electron chi connectivity index (χ2n) is 4.45. The van der Waals surface area contributed by atoms with Crippen molar-refractivity contribution in [3.8, 4) is 0 Å². The number of nitrogens with two attached hydrogens (primary N) is 2. The summed E-state index contributed by atoms with van der Waals surface area (Å²) in [5.41, 5.74) is 12.0. The number of ether oxygens (including phenoxy) is 1. The lowest BCUT2D eigenvalue weighted by atomic mass is 10.2. The molecule has 8 heteroatoms.